The summed E-state index contributed by atoms with van der Waals surface area (Å²) in [6.45, 7) is 7.85. The van der Waals surface area contributed by atoms with Crippen molar-refractivity contribution < 1.29 is 4.42 Å². The normalized spacial score (nSPS) is 19.4. The zero-order valence-electron chi connectivity index (χ0n) is 10.3. The van der Waals surface area contributed by atoms with Crippen molar-refractivity contribution in [3.8, 4) is 0 Å². The SMILES string of the molecule is CC(C)NC1CCN(Cc2ccoc2)CC1. The maximum absolute atomic E-state index is 5.09. The molecule has 1 aromatic heterocycles. The zero-order valence-corrected chi connectivity index (χ0v) is 10.3. The number of furan rings is 1. The van der Waals surface area contributed by atoms with Crippen LogP contribution in [0.4, 0.5) is 0 Å². The first-order valence-electron chi connectivity index (χ1n) is 6.23. The molecule has 0 atom stereocenters. The van der Waals surface area contributed by atoms with Crippen molar-refractivity contribution in [2.24, 2.45) is 0 Å². The summed E-state index contributed by atoms with van der Waals surface area (Å²) in [5.74, 6) is 0. The van der Waals surface area contributed by atoms with Gasteiger partial charge in [0.25, 0.3) is 0 Å². The van der Waals surface area contributed by atoms with E-state index in [1.807, 2.05) is 6.26 Å². The molecule has 2 heterocycles. The molecule has 0 aliphatic carbocycles. The van der Waals surface area contributed by atoms with E-state index in [1.54, 1.807) is 6.26 Å². The van der Waals surface area contributed by atoms with E-state index in [4.69, 9.17) is 4.42 Å². The first kappa shape index (κ1) is 11.7. The lowest BCUT2D eigenvalue weighted by molar-refractivity contribution is 0.186. The number of hydrogen-bond donors (Lipinski definition) is 1. The molecule has 3 heteroatoms. The molecule has 0 radical (unpaired) electrons. The summed E-state index contributed by atoms with van der Waals surface area (Å²) in [4.78, 5) is 2.50. The van der Waals surface area contributed by atoms with Crippen LogP contribution in [0.5, 0.6) is 0 Å². The minimum atomic E-state index is 0.602. The van der Waals surface area contributed by atoms with Gasteiger partial charge in [-0.15, -0.1) is 0 Å². The lowest BCUT2D eigenvalue weighted by Crippen LogP contribution is -2.44. The highest BCUT2D eigenvalue weighted by Crippen LogP contribution is 2.14. The molecule has 1 aromatic rings. The molecule has 1 saturated heterocycles. The summed E-state index contributed by atoms with van der Waals surface area (Å²) in [5.41, 5.74) is 1.29. The molecule has 0 bridgehead atoms. The Balaban J connectivity index is 1.73. The van der Waals surface area contributed by atoms with Crippen LogP contribution in [0.1, 0.15) is 32.3 Å². The fourth-order valence-corrected chi connectivity index (χ4v) is 2.37. The Morgan fingerprint density at radius 1 is 1.44 bits per heavy atom. The minimum Gasteiger partial charge on any atom is -0.472 e. The Labute approximate surface area is 97.8 Å². The first-order valence-corrected chi connectivity index (χ1v) is 6.23. The van der Waals surface area contributed by atoms with Gasteiger partial charge in [0.1, 0.15) is 0 Å². The van der Waals surface area contributed by atoms with Gasteiger partial charge in [-0.1, -0.05) is 13.8 Å². The molecule has 0 aromatic carbocycles. The number of hydrogen-bond acceptors (Lipinski definition) is 3. The first-order chi connectivity index (χ1) is 7.74. The molecule has 1 aliphatic heterocycles. The molecule has 16 heavy (non-hydrogen) atoms. The summed E-state index contributed by atoms with van der Waals surface area (Å²) in [7, 11) is 0. The van der Waals surface area contributed by atoms with E-state index in [2.05, 4.69) is 30.1 Å². The van der Waals surface area contributed by atoms with E-state index in [-0.39, 0.29) is 0 Å². The molecular weight excluding hydrogens is 200 g/mol. The maximum Gasteiger partial charge on any atom is 0.0947 e. The van der Waals surface area contributed by atoms with Crippen molar-refractivity contribution in [2.75, 3.05) is 13.1 Å². The lowest BCUT2D eigenvalue weighted by atomic mass is 10.0. The number of piperidine rings is 1. The number of rotatable bonds is 4. The van der Waals surface area contributed by atoms with E-state index in [0.717, 1.165) is 6.54 Å². The second-order valence-corrected chi connectivity index (χ2v) is 5.00. The van der Waals surface area contributed by atoms with E-state index in [0.29, 0.717) is 12.1 Å². The Morgan fingerprint density at radius 3 is 2.75 bits per heavy atom. The van der Waals surface area contributed by atoms with Crippen LogP contribution in [0.3, 0.4) is 0 Å². The van der Waals surface area contributed by atoms with Crippen LogP contribution in [0.2, 0.25) is 0 Å². The average molecular weight is 222 g/mol. The number of likely N-dealkylation sites (tertiary alicyclic amines) is 1. The van der Waals surface area contributed by atoms with Gasteiger partial charge in [0, 0.05) is 24.2 Å². The van der Waals surface area contributed by atoms with Gasteiger partial charge in [0.15, 0.2) is 0 Å². The summed E-state index contributed by atoms with van der Waals surface area (Å²) >= 11 is 0. The minimum absolute atomic E-state index is 0.602. The van der Waals surface area contributed by atoms with Crippen LogP contribution in [-0.2, 0) is 6.54 Å². The molecule has 0 unspecified atom stereocenters. The smallest absolute Gasteiger partial charge is 0.0947 e. The second kappa shape index (κ2) is 5.51. The highest BCUT2D eigenvalue weighted by atomic mass is 16.3. The quantitative estimate of drug-likeness (QED) is 0.847. The van der Waals surface area contributed by atoms with Crippen LogP contribution in [0, 0.1) is 0 Å². The molecule has 2 rings (SSSR count). The predicted molar refractivity (Wildman–Crippen MR) is 65.3 cm³/mol. The molecule has 0 saturated carbocycles. The number of nitrogens with one attached hydrogen (secondary N) is 1. The molecule has 1 N–H and O–H groups in total. The fourth-order valence-electron chi connectivity index (χ4n) is 2.37. The summed E-state index contributed by atoms with van der Waals surface area (Å²) in [5, 5.41) is 3.62. The Hall–Kier alpha value is -0.800. The third kappa shape index (κ3) is 3.35. The van der Waals surface area contributed by atoms with E-state index in [1.165, 1.54) is 31.5 Å². The van der Waals surface area contributed by atoms with Gasteiger partial charge in [-0.05, 0) is 32.0 Å². The van der Waals surface area contributed by atoms with Crippen molar-refractivity contribution in [3.63, 3.8) is 0 Å². The third-order valence-electron chi connectivity index (χ3n) is 3.14. The van der Waals surface area contributed by atoms with Crippen molar-refractivity contribution in [3.05, 3.63) is 24.2 Å². The van der Waals surface area contributed by atoms with Crippen LogP contribution < -0.4 is 5.32 Å². The van der Waals surface area contributed by atoms with Gasteiger partial charge in [0.05, 0.1) is 12.5 Å². The highest BCUT2D eigenvalue weighted by molar-refractivity contribution is 5.05. The molecular formula is C13H22N2O. The van der Waals surface area contributed by atoms with Gasteiger partial charge in [-0.25, -0.2) is 0 Å². The van der Waals surface area contributed by atoms with Crippen LogP contribution in [0.25, 0.3) is 0 Å². The fraction of sp³-hybridized carbons (Fsp3) is 0.692. The predicted octanol–water partition coefficient (Wildman–Crippen LogP) is 2.24. The van der Waals surface area contributed by atoms with Gasteiger partial charge in [0.2, 0.25) is 0 Å². The summed E-state index contributed by atoms with van der Waals surface area (Å²) in [6.07, 6.45) is 6.12. The molecule has 1 fully saturated rings. The molecule has 1 aliphatic rings. The average Bonchev–Trinajstić information content (AvgIpc) is 2.73. The largest absolute Gasteiger partial charge is 0.472 e. The Bertz CT molecular complexity index is 287. The Kier molecular flexibility index (Phi) is 4.02. The Morgan fingerprint density at radius 2 is 2.19 bits per heavy atom. The zero-order chi connectivity index (χ0) is 11.4. The number of nitrogens with zero attached hydrogens (tertiary/aromatic N) is 1. The van der Waals surface area contributed by atoms with Crippen molar-refractivity contribution in [1.82, 2.24) is 10.2 Å². The molecule has 3 nitrogen and oxygen atoms in total. The van der Waals surface area contributed by atoms with E-state index >= 15 is 0 Å². The van der Waals surface area contributed by atoms with Crippen molar-refractivity contribution >= 4 is 0 Å². The van der Waals surface area contributed by atoms with E-state index in [9.17, 15) is 0 Å². The molecule has 0 amide bonds. The standard InChI is InChI=1S/C13H22N2O/c1-11(2)14-13-3-6-15(7-4-13)9-12-5-8-16-10-12/h5,8,10-11,13-14H,3-4,6-7,9H2,1-2H3. The van der Waals surface area contributed by atoms with Crippen LogP contribution in [-0.4, -0.2) is 30.1 Å². The van der Waals surface area contributed by atoms with Gasteiger partial charge in [-0.3, -0.25) is 4.90 Å². The lowest BCUT2D eigenvalue weighted by Gasteiger charge is -2.33. The third-order valence-corrected chi connectivity index (χ3v) is 3.14. The van der Waals surface area contributed by atoms with Crippen molar-refractivity contribution in [1.29, 1.82) is 0 Å². The molecule has 0 spiro atoms. The van der Waals surface area contributed by atoms with Crippen LogP contribution >= 0.6 is 0 Å². The second-order valence-electron chi connectivity index (χ2n) is 5.00. The molecule has 90 valence electrons. The van der Waals surface area contributed by atoms with Crippen molar-refractivity contribution in [2.45, 2.75) is 45.3 Å². The van der Waals surface area contributed by atoms with Gasteiger partial charge >= 0.3 is 0 Å². The topological polar surface area (TPSA) is 28.4 Å². The van der Waals surface area contributed by atoms with E-state index < -0.39 is 0 Å². The maximum atomic E-state index is 5.09. The van der Waals surface area contributed by atoms with Gasteiger partial charge < -0.3 is 9.73 Å². The summed E-state index contributed by atoms with van der Waals surface area (Å²) in [6, 6.07) is 3.37. The van der Waals surface area contributed by atoms with Crippen LogP contribution in [0.15, 0.2) is 23.0 Å². The monoisotopic (exact) mass is 222 g/mol. The summed E-state index contributed by atoms with van der Waals surface area (Å²) < 4.78 is 5.09. The highest BCUT2D eigenvalue weighted by Gasteiger charge is 2.19. The van der Waals surface area contributed by atoms with Gasteiger partial charge in [-0.2, -0.15) is 0 Å².